The van der Waals surface area contributed by atoms with E-state index in [0.29, 0.717) is 44.7 Å². The Kier molecular flexibility index (Phi) is 7.87. The van der Waals surface area contributed by atoms with Gasteiger partial charge in [0.2, 0.25) is 11.8 Å². The number of methoxy groups -OCH3 is 1. The summed E-state index contributed by atoms with van der Waals surface area (Å²) in [6.07, 6.45) is 1.20. The van der Waals surface area contributed by atoms with E-state index >= 15 is 0 Å². The molecule has 1 aliphatic heterocycles. The van der Waals surface area contributed by atoms with Crippen molar-refractivity contribution in [2.24, 2.45) is 5.92 Å². The number of carbonyl (C=O) groups is 2. The van der Waals surface area contributed by atoms with Crippen LogP contribution in [0.3, 0.4) is 0 Å². The Morgan fingerprint density at radius 2 is 1.77 bits per heavy atom. The summed E-state index contributed by atoms with van der Waals surface area (Å²) < 4.78 is 25.7. The van der Waals surface area contributed by atoms with Crippen molar-refractivity contribution in [2.45, 2.75) is 50.7 Å². The fourth-order valence-electron chi connectivity index (χ4n) is 5.47. The molecular formula is C28H35FN2O4. The van der Waals surface area contributed by atoms with Crippen molar-refractivity contribution in [1.29, 1.82) is 0 Å². The van der Waals surface area contributed by atoms with Gasteiger partial charge in [-0.2, -0.15) is 0 Å². The highest BCUT2D eigenvalue weighted by molar-refractivity contribution is 5.79. The SMILES string of the molecule is COCCO[C@H]1[C@H](NC(=O)C(C)C)c2ccccc2C12CCN(C(=O)Cc1ccccc1F)CC2. The van der Waals surface area contributed by atoms with E-state index in [9.17, 15) is 14.0 Å². The van der Waals surface area contributed by atoms with Gasteiger partial charge in [0.05, 0.1) is 31.8 Å². The van der Waals surface area contributed by atoms with Crippen LogP contribution in [0.4, 0.5) is 4.39 Å². The van der Waals surface area contributed by atoms with Crippen molar-refractivity contribution in [3.05, 3.63) is 71.0 Å². The molecule has 0 aromatic heterocycles. The van der Waals surface area contributed by atoms with E-state index in [4.69, 9.17) is 9.47 Å². The molecular weight excluding hydrogens is 447 g/mol. The number of amides is 2. The summed E-state index contributed by atoms with van der Waals surface area (Å²) in [6, 6.07) is 14.4. The molecule has 1 spiro atoms. The van der Waals surface area contributed by atoms with Gasteiger partial charge < -0.3 is 19.7 Å². The third-order valence-corrected chi connectivity index (χ3v) is 7.39. The number of hydrogen-bond donors (Lipinski definition) is 1. The first-order chi connectivity index (χ1) is 16.9. The molecule has 2 atom stereocenters. The second-order valence-electron chi connectivity index (χ2n) is 9.82. The van der Waals surface area contributed by atoms with Crippen molar-refractivity contribution in [3.8, 4) is 0 Å². The van der Waals surface area contributed by atoms with Crippen LogP contribution in [0, 0.1) is 11.7 Å². The van der Waals surface area contributed by atoms with Gasteiger partial charge in [0.1, 0.15) is 5.82 Å². The van der Waals surface area contributed by atoms with Crippen molar-refractivity contribution >= 4 is 11.8 Å². The van der Waals surface area contributed by atoms with Gasteiger partial charge in [-0.1, -0.05) is 56.3 Å². The molecule has 0 radical (unpaired) electrons. The maximum absolute atomic E-state index is 14.1. The molecule has 2 aliphatic rings. The monoisotopic (exact) mass is 482 g/mol. The zero-order valence-electron chi connectivity index (χ0n) is 20.8. The molecule has 0 bridgehead atoms. The van der Waals surface area contributed by atoms with Crippen LogP contribution in [0.1, 0.15) is 49.4 Å². The van der Waals surface area contributed by atoms with E-state index < -0.39 is 0 Å². The number of nitrogens with one attached hydrogen (secondary N) is 1. The quantitative estimate of drug-likeness (QED) is 0.582. The summed E-state index contributed by atoms with van der Waals surface area (Å²) in [6.45, 7) is 5.74. The number of carbonyl (C=O) groups excluding carboxylic acids is 2. The maximum Gasteiger partial charge on any atom is 0.227 e. The van der Waals surface area contributed by atoms with E-state index in [0.717, 1.165) is 5.56 Å². The van der Waals surface area contributed by atoms with Gasteiger partial charge >= 0.3 is 0 Å². The topological polar surface area (TPSA) is 67.9 Å². The summed E-state index contributed by atoms with van der Waals surface area (Å²) in [5, 5.41) is 3.23. The van der Waals surface area contributed by atoms with Crippen LogP contribution in [-0.2, 0) is 30.9 Å². The highest BCUT2D eigenvalue weighted by atomic mass is 19.1. The summed E-state index contributed by atoms with van der Waals surface area (Å²) in [7, 11) is 1.64. The molecule has 4 rings (SSSR count). The van der Waals surface area contributed by atoms with Gasteiger partial charge in [0, 0.05) is 31.5 Å². The second-order valence-corrected chi connectivity index (χ2v) is 9.82. The molecule has 1 saturated heterocycles. The van der Waals surface area contributed by atoms with Gasteiger partial charge in [-0.3, -0.25) is 9.59 Å². The molecule has 188 valence electrons. The minimum absolute atomic E-state index is 0.0142. The highest BCUT2D eigenvalue weighted by Crippen LogP contribution is 2.52. The number of piperidine rings is 1. The van der Waals surface area contributed by atoms with E-state index in [-0.39, 0.29) is 47.5 Å². The summed E-state index contributed by atoms with van der Waals surface area (Å²) >= 11 is 0. The van der Waals surface area contributed by atoms with Gasteiger partial charge in [-0.15, -0.1) is 0 Å². The normalized spacial score (nSPS) is 20.8. The standard InChI is InChI=1S/C28H35FN2O4/c1-19(2)27(33)30-25-21-9-5-6-10-22(21)28(26(25)35-17-16-34-3)12-14-31(15-13-28)24(32)18-20-8-4-7-11-23(20)29/h4-11,19,25-26H,12-18H2,1-3H3,(H,30,33)/t25-,26+/m1/s1. The highest BCUT2D eigenvalue weighted by Gasteiger charge is 2.54. The zero-order chi connectivity index (χ0) is 25.0. The number of halogens is 1. The average molecular weight is 483 g/mol. The lowest BCUT2D eigenvalue weighted by atomic mass is 9.71. The molecule has 0 saturated carbocycles. The van der Waals surface area contributed by atoms with Crippen molar-refractivity contribution in [2.75, 3.05) is 33.4 Å². The van der Waals surface area contributed by atoms with Crippen LogP contribution >= 0.6 is 0 Å². The van der Waals surface area contributed by atoms with Gasteiger partial charge in [0.25, 0.3) is 0 Å². The zero-order valence-corrected chi connectivity index (χ0v) is 20.8. The van der Waals surface area contributed by atoms with Crippen molar-refractivity contribution < 1.29 is 23.5 Å². The van der Waals surface area contributed by atoms with Gasteiger partial charge in [-0.05, 0) is 35.6 Å². The Morgan fingerprint density at radius 1 is 1.09 bits per heavy atom. The number of rotatable bonds is 8. The Balaban J connectivity index is 1.57. The second kappa shape index (κ2) is 10.9. The van der Waals surface area contributed by atoms with E-state index in [1.54, 1.807) is 25.3 Å². The van der Waals surface area contributed by atoms with Gasteiger partial charge in [0.15, 0.2) is 0 Å². The molecule has 2 aromatic rings. The van der Waals surface area contributed by atoms with E-state index in [1.165, 1.54) is 11.6 Å². The minimum atomic E-state index is -0.352. The predicted octanol–water partition coefficient (Wildman–Crippen LogP) is 3.79. The van der Waals surface area contributed by atoms with Crippen LogP contribution < -0.4 is 5.32 Å². The molecule has 1 fully saturated rings. The van der Waals surface area contributed by atoms with Crippen LogP contribution in [0.2, 0.25) is 0 Å². The molecule has 2 aromatic carbocycles. The number of fused-ring (bicyclic) bond motifs is 2. The number of benzene rings is 2. The number of likely N-dealkylation sites (tertiary alicyclic amines) is 1. The smallest absolute Gasteiger partial charge is 0.227 e. The molecule has 1 N–H and O–H groups in total. The molecule has 2 amide bonds. The lowest BCUT2D eigenvalue weighted by Gasteiger charge is -2.44. The Morgan fingerprint density at radius 3 is 2.46 bits per heavy atom. The molecule has 0 unspecified atom stereocenters. The largest absolute Gasteiger partial charge is 0.382 e. The molecule has 1 heterocycles. The third kappa shape index (κ3) is 5.11. The number of nitrogens with zero attached hydrogens (tertiary/aromatic N) is 1. The van der Waals surface area contributed by atoms with Gasteiger partial charge in [-0.25, -0.2) is 4.39 Å². The molecule has 6 nitrogen and oxygen atoms in total. The first kappa shape index (κ1) is 25.3. The molecule has 35 heavy (non-hydrogen) atoms. The third-order valence-electron chi connectivity index (χ3n) is 7.39. The Bertz CT molecular complexity index is 1050. The maximum atomic E-state index is 14.1. The van der Waals surface area contributed by atoms with Crippen LogP contribution in [-0.4, -0.2) is 56.2 Å². The van der Waals surface area contributed by atoms with Crippen LogP contribution in [0.15, 0.2) is 48.5 Å². The predicted molar refractivity (Wildman–Crippen MR) is 131 cm³/mol. The Labute approximate surface area is 206 Å². The van der Waals surface area contributed by atoms with Crippen LogP contribution in [0.5, 0.6) is 0 Å². The van der Waals surface area contributed by atoms with Crippen molar-refractivity contribution in [1.82, 2.24) is 10.2 Å². The average Bonchev–Trinajstić information content (AvgIpc) is 3.10. The van der Waals surface area contributed by atoms with Crippen molar-refractivity contribution in [3.63, 3.8) is 0 Å². The summed E-state index contributed by atoms with van der Waals surface area (Å²) in [5.74, 6) is -0.581. The molecule has 7 heteroatoms. The Hall–Kier alpha value is -2.77. The van der Waals surface area contributed by atoms with E-state index in [2.05, 4.69) is 17.4 Å². The number of ether oxygens (including phenoxy) is 2. The summed E-state index contributed by atoms with van der Waals surface area (Å²) in [5.41, 5.74) is 2.35. The minimum Gasteiger partial charge on any atom is -0.382 e. The summed E-state index contributed by atoms with van der Waals surface area (Å²) in [4.78, 5) is 27.5. The fraction of sp³-hybridized carbons (Fsp3) is 0.500. The first-order valence-electron chi connectivity index (χ1n) is 12.4. The fourth-order valence-corrected chi connectivity index (χ4v) is 5.47. The molecule has 1 aliphatic carbocycles. The number of hydrogen-bond acceptors (Lipinski definition) is 4. The van der Waals surface area contributed by atoms with E-state index in [1.807, 2.05) is 30.9 Å². The lowest BCUT2D eigenvalue weighted by molar-refractivity contribution is -0.134. The van der Waals surface area contributed by atoms with Crippen LogP contribution in [0.25, 0.3) is 0 Å². The first-order valence-corrected chi connectivity index (χ1v) is 12.4. The lowest BCUT2D eigenvalue weighted by Crippen LogP contribution is -2.52.